The number of rotatable bonds is 2. The standard InChI is InChI=1S/C16H22BrNO/c1-16(2)14(9-15(16)19)18-13-6-4-10-7-12(17)5-3-11(10)8-13/h3,5,7,13-15,18-19H,4,6,8-9H2,1-2H3. The zero-order chi connectivity index (χ0) is 13.6. The molecule has 0 heterocycles. The summed E-state index contributed by atoms with van der Waals surface area (Å²) < 4.78 is 1.18. The number of halogens is 1. The summed E-state index contributed by atoms with van der Waals surface area (Å²) in [6.07, 6.45) is 4.23. The molecule has 0 spiro atoms. The van der Waals surface area contributed by atoms with Gasteiger partial charge in [-0.3, -0.25) is 0 Å². The van der Waals surface area contributed by atoms with Crippen molar-refractivity contribution < 1.29 is 5.11 Å². The average Bonchev–Trinajstić information content (AvgIpc) is 2.38. The molecule has 104 valence electrons. The van der Waals surface area contributed by atoms with Crippen molar-refractivity contribution >= 4 is 15.9 Å². The Labute approximate surface area is 123 Å². The Balaban J connectivity index is 1.65. The van der Waals surface area contributed by atoms with Gasteiger partial charge in [0.05, 0.1) is 6.10 Å². The van der Waals surface area contributed by atoms with Crippen LogP contribution in [0, 0.1) is 5.41 Å². The number of hydrogen-bond donors (Lipinski definition) is 2. The van der Waals surface area contributed by atoms with Crippen molar-refractivity contribution in [2.75, 3.05) is 0 Å². The van der Waals surface area contributed by atoms with Gasteiger partial charge >= 0.3 is 0 Å². The summed E-state index contributed by atoms with van der Waals surface area (Å²) in [6, 6.07) is 7.66. The van der Waals surface area contributed by atoms with E-state index in [9.17, 15) is 5.11 Å². The first-order chi connectivity index (χ1) is 8.96. The molecule has 2 N–H and O–H groups in total. The van der Waals surface area contributed by atoms with Crippen molar-refractivity contribution in [3.05, 3.63) is 33.8 Å². The molecule has 3 rings (SSSR count). The molecule has 1 fully saturated rings. The Morgan fingerprint density at radius 2 is 2.11 bits per heavy atom. The van der Waals surface area contributed by atoms with E-state index in [0.29, 0.717) is 12.1 Å². The highest BCUT2D eigenvalue weighted by atomic mass is 79.9. The SMILES string of the molecule is CC1(C)C(O)CC1NC1CCc2cc(Br)ccc2C1. The fourth-order valence-electron chi connectivity index (χ4n) is 3.34. The molecule has 0 aliphatic heterocycles. The molecule has 0 amide bonds. The fraction of sp³-hybridized carbons (Fsp3) is 0.625. The van der Waals surface area contributed by atoms with E-state index in [1.807, 2.05) is 0 Å². The lowest BCUT2D eigenvalue weighted by atomic mass is 9.64. The minimum atomic E-state index is -0.142. The van der Waals surface area contributed by atoms with Gasteiger partial charge in [0.25, 0.3) is 0 Å². The smallest absolute Gasteiger partial charge is 0.0621 e. The monoisotopic (exact) mass is 323 g/mol. The van der Waals surface area contributed by atoms with Crippen molar-refractivity contribution in [1.29, 1.82) is 0 Å². The second-order valence-electron chi connectivity index (χ2n) is 6.64. The number of aliphatic hydroxyl groups is 1. The lowest BCUT2D eigenvalue weighted by Gasteiger charge is -2.51. The highest BCUT2D eigenvalue weighted by molar-refractivity contribution is 9.10. The molecular weight excluding hydrogens is 302 g/mol. The van der Waals surface area contributed by atoms with Crippen LogP contribution in [0.15, 0.2) is 22.7 Å². The van der Waals surface area contributed by atoms with Crippen molar-refractivity contribution in [2.45, 2.75) is 57.7 Å². The Morgan fingerprint density at radius 3 is 2.79 bits per heavy atom. The molecule has 2 aliphatic carbocycles. The maximum absolute atomic E-state index is 9.82. The highest BCUT2D eigenvalue weighted by Gasteiger charge is 2.47. The summed E-state index contributed by atoms with van der Waals surface area (Å²) in [7, 11) is 0. The fourth-order valence-corrected chi connectivity index (χ4v) is 3.74. The molecule has 0 radical (unpaired) electrons. The number of hydrogen-bond acceptors (Lipinski definition) is 2. The highest BCUT2D eigenvalue weighted by Crippen LogP contribution is 2.41. The van der Waals surface area contributed by atoms with Crippen LogP contribution in [0.5, 0.6) is 0 Å². The number of aliphatic hydroxyl groups excluding tert-OH is 1. The predicted octanol–water partition coefficient (Wildman–Crippen LogP) is 3.06. The van der Waals surface area contributed by atoms with Gasteiger partial charge in [-0.25, -0.2) is 0 Å². The van der Waals surface area contributed by atoms with Gasteiger partial charge in [0.15, 0.2) is 0 Å². The van der Waals surface area contributed by atoms with Gasteiger partial charge in [-0.1, -0.05) is 35.8 Å². The van der Waals surface area contributed by atoms with Gasteiger partial charge in [-0.2, -0.15) is 0 Å². The Hall–Kier alpha value is -0.380. The average molecular weight is 324 g/mol. The minimum Gasteiger partial charge on any atom is -0.392 e. The van der Waals surface area contributed by atoms with Gasteiger partial charge in [0, 0.05) is 22.0 Å². The zero-order valence-electron chi connectivity index (χ0n) is 11.6. The molecule has 2 nitrogen and oxygen atoms in total. The van der Waals surface area contributed by atoms with E-state index in [4.69, 9.17) is 0 Å². The molecule has 2 aliphatic rings. The normalized spacial score (nSPS) is 32.5. The molecule has 0 saturated heterocycles. The molecule has 0 bridgehead atoms. The summed E-state index contributed by atoms with van der Waals surface area (Å²) in [6.45, 7) is 4.32. The molecule has 0 aromatic heterocycles. The summed E-state index contributed by atoms with van der Waals surface area (Å²) in [5.74, 6) is 0. The van der Waals surface area contributed by atoms with Gasteiger partial charge < -0.3 is 10.4 Å². The summed E-state index contributed by atoms with van der Waals surface area (Å²) >= 11 is 3.54. The van der Waals surface area contributed by atoms with E-state index in [1.165, 1.54) is 22.0 Å². The van der Waals surface area contributed by atoms with Crippen LogP contribution in [0.4, 0.5) is 0 Å². The molecule has 1 saturated carbocycles. The van der Waals surface area contributed by atoms with Crippen molar-refractivity contribution in [1.82, 2.24) is 5.32 Å². The molecule has 3 heteroatoms. The van der Waals surface area contributed by atoms with Crippen LogP contribution in [0.2, 0.25) is 0 Å². The van der Waals surface area contributed by atoms with Gasteiger partial charge in [-0.15, -0.1) is 0 Å². The van der Waals surface area contributed by atoms with Crippen LogP contribution in [0.3, 0.4) is 0 Å². The number of aryl methyl sites for hydroxylation is 1. The van der Waals surface area contributed by atoms with Crippen molar-refractivity contribution in [3.8, 4) is 0 Å². The quantitative estimate of drug-likeness (QED) is 0.876. The van der Waals surface area contributed by atoms with E-state index in [2.05, 4.69) is 53.3 Å². The van der Waals surface area contributed by atoms with E-state index in [0.717, 1.165) is 19.3 Å². The second kappa shape index (κ2) is 4.87. The van der Waals surface area contributed by atoms with Crippen LogP contribution in [-0.2, 0) is 12.8 Å². The molecular formula is C16H22BrNO. The first-order valence-corrected chi connectivity index (χ1v) is 7.97. The summed E-state index contributed by atoms with van der Waals surface area (Å²) in [5.41, 5.74) is 2.99. The lowest BCUT2D eigenvalue weighted by molar-refractivity contribution is -0.0762. The van der Waals surface area contributed by atoms with Gasteiger partial charge in [0.1, 0.15) is 0 Å². The predicted molar refractivity (Wildman–Crippen MR) is 81.3 cm³/mol. The number of fused-ring (bicyclic) bond motifs is 1. The Bertz CT molecular complexity index is 486. The lowest BCUT2D eigenvalue weighted by Crippen LogP contribution is -2.62. The summed E-state index contributed by atoms with van der Waals surface area (Å²) in [4.78, 5) is 0. The van der Waals surface area contributed by atoms with Crippen LogP contribution in [0.25, 0.3) is 0 Å². The molecule has 3 unspecified atom stereocenters. The van der Waals surface area contributed by atoms with E-state index in [-0.39, 0.29) is 11.5 Å². The maximum atomic E-state index is 9.82. The van der Waals surface area contributed by atoms with Gasteiger partial charge in [0.2, 0.25) is 0 Å². The summed E-state index contributed by atoms with van der Waals surface area (Å²) in [5, 5.41) is 13.6. The molecule has 19 heavy (non-hydrogen) atoms. The largest absolute Gasteiger partial charge is 0.392 e. The minimum absolute atomic E-state index is 0.0278. The van der Waals surface area contributed by atoms with E-state index < -0.39 is 0 Å². The number of nitrogens with one attached hydrogen (secondary N) is 1. The maximum Gasteiger partial charge on any atom is 0.0621 e. The first-order valence-electron chi connectivity index (χ1n) is 7.18. The number of benzene rings is 1. The zero-order valence-corrected chi connectivity index (χ0v) is 13.2. The van der Waals surface area contributed by atoms with Crippen LogP contribution in [0.1, 0.15) is 37.8 Å². The molecule has 1 aromatic rings. The molecule has 3 atom stereocenters. The van der Waals surface area contributed by atoms with Crippen molar-refractivity contribution in [3.63, 3.8) is 0 Å². The van der Waals surface area contributed by atoms with Crippen molar-refractivity contribution in [2.24, 2.45) is 5.41 Å². The second-order valence-corrected chi connectivity index (χ2v) is 7.56. The van der Waals surface area contributed by atoms with E-state index >= 15 is 0 Å². The first kappa shape index (κ1) is 13.6. The third-order valence-corrected chi connectivity index (χ3v) is 5.54. The van der Waals surface area contributed by atoms with Crippen LogP contribution in [-0.4, -0.2) is 23.3 Å². The van der Waals surface area contributed by atoms with Crippen LogP contribution >= 0.6 is 15.9 Å². The third-order valence-electron chi connectivity index (χ3n) is 5.05. The Morgan fingerprint density at radius 1 is 1.32 bits per heavy atom. The topological polar surface area (TPSA) is 32.3 Å². The third kappa shape index (κ3) is 2.48. The van der Waals surface area contributed by atoms with E-state index in [1.54, 1.807) is 0 Å². The van der Waals surface area contributed by atoms with Gasteiger partial charge in [-0.05, 0) is 48.9 Å². The Kier molecular flexibility index (Phi) is 3.48. The van der Waals surface area contributed by atoms with Crippen LogP contribution < -0.4 is 5.32 Å². The molecule has 1 aromatic carbocycles.